The van der Waals surface area contributed by atoms with Gasteiger partial charge in [0.05, 0.1) is 25.9 Å². The van der Waals surface area contributed by atoms with Gasteiger partial charge in [0.1, 0.15) is 5.84 Å². The van der Waals surface area contributed by atoms with Crippen molar-refractivity contribution in [3.8, 4) is 0 Å². The second-order valence-electron chi connectivity index (χ2n) is 7.74. The molecule has 1 aliphatic heterocycles. The number of hydrogen-bond acceptors (Lipinski definition) is 4. The van der Waals surface area contributed by atoms with Crippen molar-refractivity contribution in [1.82, 2.24) is 4.90 Å². The summed E-state index contributed by atoms with van der Waals surface area (Å²) in [5.41, 5.74) is -0.202. The van der Waals surface area contributed by atoms with Crippen LogP contribution in [0.25, 0.3) is 0 Å². The molecule has 0 atom stereocenters. The molecule has 0 radical (unpaired) electrons. The van der Waals surface area contributed by atoms with Crippen LogP contribution in [0.1, 0.15) is 46.5 Å². The molecular weight excluding hydrogens is 308 g/mol. The van der Waals surface area contributed by atoms with Crippen molar-refractivity contribution in [2.45, 2.75) is 52.6 Å². The largest absolute Gasteiger partial charge is 0.448 e. The second-order valence-corrected chi connectivity index (χ2v) is 7.74. The standard InChI is InChI=1S/C18H32N2O4/c1-18(2,3)16(20-9-11-23-12-10-20)19-17(21)24-13-14-5-7-15(22-4)8-6-14/h14-15H,5-13H2,1-4H3. The highest BCUT2D eigenvalue weighted by molar-refractivity contribution is 5.95. The fourth-order valence-electron chi connectivity index (χ4n) is 3.33. The first-order valence-corrected chi connectivity index (χ1v) is 9.01. The molecule has 2 fully saturated rings. The van der Waals surface area contributed by atoms with E-state index in [0.29, 0.717) is 31.8 Å². The van der Waals surface area contributed by atoms with Crippen LogP contribution in [0, 0.1) is 11.3 Å². The maximum atomic E-state index is 12.2. The Morgan fingerprint density at radius 3 is 2.33 bits per heavy atom. The molecule has 1 heterocycles. The molecule has 138 valence electrons. The van der Waals surface area contributed by atoms with E-state index in [-0.39, 0.29) is 5.41 Å². The van der Waals surface area contributed by atoms with Crippen molar-refractivity contribution in [3.05, 3.63) is 0 Å². The molecule has 6 nitrogen and oxygen atoms in total. The van der Waals surface area contributed by atoms with E-state index in [2.05, 4.69) is 30.7 Å². The van der Waals surface area contributed by atoms with E-state index in [1.807, 2.05) is 0 Å². The van der Waals surface area contributed by atoms with Crippen LogP contribution in [0.5, 0.6) is 0 Å². The van der Waals surface area contributed by atoms with E-state index in [1.165, 1.54) is 0 Å². The molecule has 1 aliphatic carbocycles. The van der Waals surface area contributed by atoms with E-state index < -0.39 is 6.09 Å². The highest BCUT2D eigenvalue weighted by Crippen LogP contribution is 2.26. The van der Waals surface area contributed by atoms with E-state index in [0.717, 1.165) is 44.6 Å². The van der Waals surface area contributed by atoms with Gasteiger partial charge in [0.2, 0.25) is 0 Å². The predicted octanol–water partition coefficient (Wildman–Crippen LogP) is 3.11. The van der Waals surface area contributed by atoms with Crippen LogP contribution in [0.2, 0.25) is 0 Å². The number of carbonyl (C=O) groups excluding carboxylic acids is 1. The van der Waals surface area contributed by atoms with Crippen molar-refractivity contribution in [2.75, 3.05) is 40.0 Å². The van der Waals surface area contributed by atoms with Crippen molar-refractivity contribution in [3.63, 3.8) is 0 Å². The Morgan fingerprint density at radius 2 is 1.79 bits per heavy atom. The fourth-order valence-corrected chi connectivity index (χ4v) is 3.33. The molecule has 0 unspecified atom stereocenters. The SMILES string of the molecule is COC1CCC(COC(=O)N=C(N2CCOCC2)C(C)(C)C)CC1. The van der Waals surface area contributed by atoms with Gasteiger partial charge in [-0.2, -0.15) is 4.99 Å². The van der Waals surface area contributed by atoms with Gasteiger partial charge in [-0.05, 0) is 31.6 Å². The van der Waals surface area contributed by atoms with Gasteiger partial charge in [0, 0.05) is 25.6 Å². The van der Waals surface area contributed by atoms with Crippen LogP contribution in [-0.4, -0.2) is 63.0 Å². The van der Waals surface area contributed by atoms with Crippen molar-refractivity contribution >= 4 is 11.9 Å². The van der Waals surface area contributed by atoms with Crippen LogP contribution < -0.4 is 0 Å². The summed E-state index contributed by atoms with van der Waals surface area (Å²) in [5, 5.41) is 0. The van der Waals surface area contributed by atoms with E-state index >= 15 is 0 Å². The number of carbonyl (C=O) groups is 1. The Labute approximate surface area is 145 Å². The van der Waals surface area contributed by atoms with Crippen molar-refractivity contribution in [1.29, 1.82) is 0 Å². The molecule has 0 spiro atoms. The number of aliphatic imine (C=N–C) groups is 1. The molecule has 6 heteroatoms. The molecule has 1 saturated carbocycles. The topological polar surface area (TPSA) is 60.4 Å². The number of nitrogens with zero attached hydrogens (tertiary/aromatic N) is 2. The zero-order valence-electron chi connectivity index (χ0n) is 15.5. The summed E-state index contributed by atoms with van der Waals surface area (Å²) in [5.74, 6) is 1.22. The maximum Gasteiger partial charge on any atom is 0.435 e. The Bertz CT molecular complexity index is 431. The van der Waals surface area contributed by atoms with Gasteiger partial charge in [-0.3, -0.25) is 0 Å². The number of amides is 1. The molecule has 1 amide bonds. The number of hydrogen-bond donors (Lipinski definition) is 0. The minimum Gasteiger partial charge on any atom is -0.448 e. The Balaban J connectivity index is 1.88. The third-order valence-corrected chi connectivity index (χ3v) is 4.75. The first kappa shape index (κ1) is 19.2. The number of ether oxygens (including phenoxy) is 3. The van der Waals surface area contributed by atoms with Gasteiger partial charge in [-0.15, -0.1) is 0 Å². The minimum absolute atomic E-state index is 0.202. The van der Waals surface area contributed by atoms with Gasteiger partial charge >= 0.3 is 6.09 Å². The molecule has 0 bridgehead atoms. The smallest absolute Gasteiger partial charge is 0.435 e. The lowest BCUT2D eigenvalue weighted by Crippen LogP contribution is -2.46. The summed E-state index contributed by atoms with van der Waals surface area (Å²) in [4.78, 5) is 18.6. The monoisotopic (exact) mass is 340 g/mol. The number of morpholine rings is 1. The average molecular weight is 340 g/mol. The van der Waals surface area contributed by atoms with Gasteiger partial charge in [0.25, 0.3) is 0 Å². The van der Waals surface area contributed by atoms with E-state index in [9.17, 15) is 4.79 Å². The fraction of sp³-hybridized carbons (Fsp3) is 0.889. The quantitative estimate of drug-likeness (QED) is 0.583. The third kappa shape index (κ3) is 5.74. The number of methoxy groups -OCH3 is 1. The van der Waals surface area contributed by atoms with E-state index in [4.69, 9.17) is 14.2 Å². The summed E-state index contributed by atoms with van der Waals surface area (Å²) >= 11 is 0. The van der Waals surface area contributed by atoms with Crippen LogP contribution in [0.4, 0.5) is 4.79 Å². The average Bonchev–Trinajstić information content (AvgIpc) is 2.58. The summed E-state index contributed by atoms with van der Waals surface area (Å²) in [6.45, 7) is 9.55. The first-order chi connectivity index (χ1) is 11.4. The lowest BCUT2D eigenvalue weighted by molar-refractivity contribution is 0.0420. The third-order valence-electron chi connectivity index (χ3n) is 4.75. The lowest BCUT2D eigenvalue weighted by atomic mass is 9.88. The Kier molecular flexibility index (Phi) is 7.04. The van der Waals surface area contributed by atoms with Crippen LogP contribution in [0.15, 0.2) is 4.99 Å². The summed E-state index contributed by atoms with van der Waals surface area (Å²) < 4.78 is 16.2. The normalized spacial score (nSPS) is 26.3. The molecule has 0 aromatic rings. The van der Waals surface area contributed by atoms with E-state index in [1.54, 1.807) is 7.11 Å². The number of amidine groups is 1. The zero-order chi connectivity index (χ0) is 17.6. The summed E-state index contributed by atoms with van der Waals surface area (Å²) in [6, 6.07) is 0. The molecule has 2 aliphatic rings. The van der Waals surface area contributed by atoms with Gasteiger partial charge < -0.3 is 19.1 Å². The molecule has 1 saturated heterocycles. The predicted molar refractivity (Wildman–Crippen MR) is 93.4 cm³/mol. The zero-order valence-corrected chi connectivity index (χ0v) is 15.5. The molecule has 0 aromatic carbocycles. The van der Waals surface area contributed by atoms with Crippen molar-refractivity contribution < 1.29 is 19.0 Å². The first-order valence-electron chi connectivity index (χ1n) is 9.01. The second kappa shape index (κ2) is 8.81. The summed E-state index contributed by atoms with van der Waals surface area (Å²) in [7, 11) is 1.76. The molecule has 2 rings (SSSR count). The van der Waals surface area contributed by atoms with Gasteiger partial charge in [-0.25, -0.2) is 4.79 Å². The minimum atomic E-state index is -0.472. The molecule has 0 aromatic heterocycles. The molecular formula is C18H32N2O4. The van der Waals surface area contributed by atoms with Gasteiger partial charge in [-0.1, -0.05) is 20.8 Å². The highest BCUT2D eigenvalue weighted by atomic mass is 16.5. The number of rotatable bonds is 3. The maximum absolute atomic E-state index is 12.2. The van der Waals surface area contributed by atoms with Crippen LogP contribution >= 0.6 is 0 Å². The lowest BCUT2D eigenvalue weighted by Gasteiger charge is -2.35. The van der Waals surface area contributed by atoms with Crippen molar-refractivity contribution in [2.24, 2.45) is 16.3 Å². The molecule has 24 heavy (non-hydrogen) atoms. The Morgan fingerprint density at radius 1 is 1.17 bits per heavy atom. The van der Waals surface area contributed by atoms with Crippen LogP contribution in [0.3, 0.4) is 0 Å². The Hall–Kier alpha value is -1.14. The summed E-state index contributed by atoms with van der Waals surface area (Å²) in [6.07, 6.45) is 4.08. The van der Waals surface area contributed by atoms with Gasteiger partial charge in [0.15, 0.2) is 0 Å². The highest BCUT2D eigenvalue weighted by Gasteiger charge is 2.28. The molecule has 0 N–H and O–H groups in total. The van der Waals surface area contributed by atoms with Crippen LogP contribution in [-0.2, 0) is 14.2 Å².